The predicted molar refractivity (Wildman–Crippen MR) is 81.0 cm³/mol. The summed E-state index contributed by atoms with van der Waals surface area (Å²) in [6.45, 7) is 6.78. The molecule has 2 aliphatic rings. The van der Waals surface area contributed by atoms with Crippen LogP contribution in [0.1, 0.15) is 53.4 Å². The first kappa shape index (κ1) is 16.7. The molecule has 0 aromatic heterocycles. The molecule has 0 unspecified atom stereocenters. The smallest absolute Gasteiger partial charge is 0.334 e. The minimum atomic E-state index is -1.08. The zero-order valence-corrected chi connectivity index (χ0v) is 13.6. The van der Waals surface area contributed by atoms with Crippen LogP contribution in [0.5, 0.6) is 0 Å². The summed E-state index contributed by atoms with van der Waals surface area (Å²) in [4.78, 5) is 23.3. The molecule has 0 radical (unpaired) electrons. The molecule has 5 nitrogen and oxygen atoms in total. The first-order valence-corrected chi connectivity index (χ1v) is 7.67. The second-order valence-corrected chi connectivity index (χ2v) is 6.46. The van der Waals surface area contributed by atoms with Gasteiger partial charge in [0.1, 0.15) is 11.7 Å². The summed E-state index contributed by atoms with van der Waals surface area (Å²) >= 11 is 0. The van der Waals surface area contributed by atoms with Gasteiger partial charge >= 0.3 is 11.9 Å². The van der Waals surface area contributed by atoms with Crippen molar-refractivity contribution in [2.45, 2.75) is 71.2 Å². The summed E-state index contributed by atoms with van der Waals surface area (Å²) in [7, 11) is 0. The summed E-state index contributed by atoms with van der Waals surface area (Å²) in [5.74, 6) is -0.772. The number of ether oxygens (including phenoxy) is 2. The lowest BCUT2D eigenvalue weighted by Crippen LogP contribution is -2.46. The molecule has 0 fully saturated rings. The van der Waals surface area contributed by atoms with Crippen LogP contribution < -0.4 is 0 Å². The van der Waals surface area contributed by atoms with Crippen molar-refractivity contribution in [2.24, 2.45) is 0 Å². The average molecular weight is 308 g/mol. The van der Waals surface area contributed by atoms with Gasteiger partial charge in [0.25, 0.3) is 0 Å². The molecular formula is C17H24O5. The van der Waals surface area contributed by atoms with Crippen LogP contribution in [-0.2, 0) is 19.1 Å². The maximum atomic E-state index is 11.9. The molecule has 2 rings (SSSR count). The van der Waals surface area contributed by atoms with Crippen LogP contribution in [0, 0.1) is 0 Å². The number of rotatable bonds is 1. The zero-order valence-electron chi connectivity index (χ0n) is 13.6. The van der Waals surface area contributed by atoms with Crippen LogP contribution in [0.4, 0.5) is 0 Å². The summed E-state index contributed by atoms with van der Waals surface area (Å²) in [6, 6.07) is 0. The van der Waals surface area contributed by atoms with Gasteiger partial charge in [0.2, 0.25) is 0 Å². The molecule has 1 aliphatic carbocycles. The summed E-state index contributed by atoms with van der Waals surface area (Å²) in [6.07, 6.45) is 2.96. The van der Waals surface area contributed by atoms with Crippen LogP contribution in [0.15, 0.2) is 22.8 Å². The fourth-order valence-electron chi connectivity index (χ4n) is 3.11. The molecule has 0 spiro atoms. The van der Waals surface area contributed by atoms with Gasteiger partial charge in [-0.2, -0.15) is 0 Å². The van der Waals surface area contributed by atoms with E-state index >= 15 is 0 Å². The standard InChI is InChI=1S/C17H24O5/c1-10-5-7-13-11(2)16(20)21-14(13)9-17(4,22-12(3)18)15(19)8-6-10/h6,14-15,19H,5,7-9H2,1-4H3/t14-,15+,17+/m1/s1. The Morgan fingerprint density at radius 3 is 2.73 bits per heavy atom. The van der Waals surface area contributed by atoms with Gasteiger partial charge in [-0.25, -0.2) is 4.79 Å². The molecule has 3 atom stereocenters. The highest BCUT2D eigenvalue weighted by Gasteiger charge is 2.43. The van der Waals surface area contributed by atoms with E-state index in [2.05, 4.69) is 0 Å². The third-order valence-electron chi connectivity index (χ3n) is 4.58. The van der Waals surface area contributed by atoms with E-state index in [0.717, 1.165) is 24.0 Å². The van der Waals surface area contributed by atoms with Gasteiger partial charge in [-0.1, -0.05) is 11.6 Å². The molecule has 0 saturated heterocycles. The minimum Gasteiger partial charge on any atom is -0.457 e. The van der Waals surface area contributed by atoms with Crippen LogP contribution in [-0.4, -0.2) is 34.9 Å². The van der Waals surface area contributed by atoms with Crippen molar-refractivity contribution >= 4 is 11.9 Å². The largest absolute Gasteiger partial charge is 0.457 e. The van der Waals surface area contributed by atoms with Crippen LogP contribution in [0.3, 0.4) is 0 Å². The first-order chi connectivity index (χ1) is 10.2. The fraction of sp³-hybridized carbons (Fsp3) is 0.647. The molecule has 0 amide bonds. The van der Waals surface area contributed by atoms with E-state index in [0.29, 0.717) is 12.0 Å². The number of hydrogen-bond donors (Lipinski definition) is 1. The number of hydrogen-bond acceptors (Lipinski definition) is 5. The van der Waals surface area contributed by atoms with Gasteiger partial charge in [-0.05, 0) is 45.6 Å². The van der Waals surface area contributed by atoms with E-state index in [-0.39, 0.29) is 12.4 Å². The van der Waals surface area contributed by atoms with E-state index in [1.165, 1.54) is 6.92 Å². The number of fused-ring (bicyclic) bond motifs is 1. The summed E-state index contributed by atoms with van der Waals surface area (Å²) < 4.78 is 10.8. The zero-order chi connectivity index (χ0) is 16.5. The Morgan fingerprint density at radius 1 is 1.41 bits per heavy atom. The van der Waals surface area contributed by atoms with Gasteiger partial charge in [0.05, 0.1) is 6.10 Å². The SMILES string of the molecule is CC(=O)O[C@@]1(C)C[C@H]2OC(=O)C(C)=C2CCC(C)=CC[C@@H]1O. The van der Waals surface area contributed by atoms with Crippen LogP contribution in [0.25, 0.3) is 0 Å². The molecule has 122 valence electrons. The van der Waals surface area contributed by atoms with Crippen LogP contribution in [0.2, 0.25) is 0 Å². The van der Waals surface area contributed by atoms with E-state index in [1.54, 1.807) is 13.8 Å². The Kier molecular flexibility index (Phi) is 4.75. The second-order valence-electron chi connectivity index (χ2n) is 6.46. The van der Waals surface area contributed by atoms with Crippen molar-refractivity contribution in [3.8, 4) is 0 Å². The molecule has 22 heavy (non-hydrogen) atoms. The minimum absolute atomic E-state index is 0.277. The molecule has 0 aromatic rings. The third-order valence-corrected chi connectivity index (χ3v) is 4.58. The van der Waals surface area contributed by atoms with E-state index in [9.17, 15) is 14.7 Å². The predicted octanol–water partition coefficient (Wildman–Crippen LogP) is 2.43. The van der Waals surface area contributed by atoms with Crippen molar-refractivity contribution in [3.05, 3.63) is 22.8 Å². The first-order valence-electron chi connectivity index (χ1n) is 7.67. The maximum Gasteiger partial charge on any atom is 0.334 e. The van der Waals surface area contributed by atoms with Crippen molar-refractivity contribution in [3.63, 3.8) is 0 Å². The lowest BCUT2D eigenvalue weighted by molar-refractivity contribution is -0.173. The average Bonchev–Trinajstić information content (AvgIpc) is 2.67. The Hall–Kier alpha value is -1.62. The van der Waals surface area contributed by atoms with E-state index < -0.39 is 23.8 Å². The number of aliphatic hydroxyl groups is 1. The number of carbonyl (C=O) groups is 2. The molecule has 1 N–H and O–H groups in total. The Bertz CT molecular complexity index is 545. The molecule has 0 saturated carbocycles. The van der Waals surface area contributed by atoms with Gasteiger partial charge < -0.3 is 14.6 Å². The molecule has 1 aliphatic heterocycles. The highest BCUT2D eigenvalue weighted by atomic mass is 16.6. The molecular weight excluding hydrogens is 284 g/mol. The number of aliphatic hydroxyl groups excluding tert-OH is 1. The van der Waals surface area contributed by atoms with Gasteiger partial charge in [-0.15, -0.1) is 0 Å². The Balaban J connectivity index is 2.38. The lowest BCUT2D eigenvalue weighted by Gasteiger charge is -2.36. The summed E-state index contributed by atoms with van der Waals surface area (Å²) in [5, 5.41) is 10.5. The highest BCUT2D eigenvalue weighted by Crippen LogP contribution is 2.36. The lowest BCUT2D eigenvalue weighted by atomic mass is 9.84. The highest BCUT2D eigenvalue weighted by molar-refractivity contribution is 5.91. The topological polar surface area (TPSA) is 72.8 Å². The number of esters is 2. The molecule has 0 aromatic carbocycles. The second kappa shape index (κ2) is 6.24. The fourth-order valence-corrected chi connectivity index (χ4v) is 3.11. The Morgan fingerprint density at radius 2 is 2.09 bits per heavy atom. The maximum absolute atomic E-state index is 11.9. The van der Waals surface area contributed by atoms with Crippen molar-refractivity contribution in [1.29, 1.82) is 0 Å². The monoisotopic (exact) mass is 308 g/mol. The molecule has 0 bridgehead atoms. The normalized spacial score (nSPS) is 33.0. The van der Waals surface area contributed by atoms with Gasteiger partial charge in [0.15, 0.2) is 0 Å². The number of carbonyl (C=O) groups excluding carboxylic acids is 2. The van der Waals surface area contributed by atoms with Gasteiger partial charge in [0, 0.05) is 18.9 Å². The summed E-state index contributed by atoms with van der Waals surface area (Å²) in [5.41, 5.74) is 1.65. The number of allylic oxidation sites excluding steroid dienone is 1. The van der Waals surface area contributed by atoms with E-state index in [1.807, 2.05) is 13.0 Å². The van der Waals surface area contributed by atoms with Crippen LogP contribution >= 0.6 is 0 Å². The molecule has 5 heteroatoms. The van der Waals surface area contributed by atoms with Crippen molar-refractivity contribution in [1.82, 2.24) is 0 Å². The molecule has 1 heterocycles. The third kappa shape index (κ3) is 3.40. The van der Waals surface area contributed by atoms with Crippen molar-refractivity contribution in [2.75, 3.05) is 0 Å². The Labute approximate surface area is 131 Å². The van der Waals surface area contributed by atoms with Gasteiger partial charge in [-0.3, -0.25) is 4.79 Å². The van der Waals surface area contributed by atoms with E-state index in [4.69, 9.17) is 9.47 Å². The van der Waals surface area contributed by atoms with Crippen molar-refractivity contribution < 1.29 is 24.2 Å². The quantitative estimate of drug-likeness (QED) is 0.595.